The van der Waals surface area contributed by atoms with Gasteiger partial charge in [-0.2, -0.15) is 0 Å². The summed E-state index contributed by atoms with van der Waals surface area (Å²) in [5.74, 6) is 0.701. The van der Waals surface area contributed by atoms with Gasteiger partial charge in [0.25, 0.3) is 0 Å². The van der Waals surface area contributed by atoms with Crippen LogP contribution in [0, 0.1) is 5.92 Å². The molecule has 0 radical (unpaired) electrons. The number of hydrogen-bond donors (Lipinski definition) is 1. The molecule has 7 heteroatoms. The van der Waals surface area contributed by atoms with E-state index < -0.39 is 0 Å². The number of nitrogens with one attached hydrogen (secondary N) is 1. The van der Waals surface area contributed by atoms with Gasteiger partial charge in [0, 0.05) is 52.4 Å². The number of piperidine rings is 1. The number of likely N-dealkylation sites (tertiary alicyclic amines) is 1. The number of nitrogens with zero attached hydrogens (tertiary/aromatic N) is 3. The zero-order valence-corrected chi connectivity index (χ0v) is 14.7. The Morgan fingerprint density at radius 1 is 1.21 bits per heavy atom. The van der Waals surface area contributed by atoms with Gasteiger partial charge in [-0.25, -0.2) is 4.79 Å². The van der Waals surface area contributed by atoms with Crippen molar-refractivity contribution in [2.75, 3.05) is 59.5 Å². The van der Waals surface area contributed by atoms with Crippen molar-refractivity contribution in [1.29, 1.82) is 0 Å². The quantitative estimate of drug-likeness (QED) is 0.807. The second kappa shape index (κ2) is 8.16. The molecule has 3 aliphatic heterocycles. The van der Waals surface area contributed by atoms with Gasteiger partial charge in [-0.05, 0) is 31.6 Å². The Balaban J connectivity index is 1.40. The Kier molecular flexibility index (Phi) is 5.94. The molecule has 3 heterocycles. The predicted molar refractivity (Wildman–Crippen MR) is 90.7 cm³/mol. The third-order valence-corrected chi connectivity index (χ3v) is 5.42. The second-order valence-electron chi connectivity index (χ2n) is 7.34. The van der Waals surface area contributed by atoms with E-state index in [1.54, 1.807) is 16.8 Å². The number of ether oxygens (including phenoxy) is 1. The normalized spacial score (nSPS) is 27.4. The Morgan fingerprint density at radius 3 is 2.71 bits per heavy atom. The molecule has 3 saturated heterocycles. The Labute approximate surface area is 144 Å². The van der Waals surface area contributed by atoms with Crippen molar-refractivity contribution in [3.63, 3.8) is 0 Å². The van der Waals surface area contributed by atoms with Gasteiger partial charge in [0.2, 0.25) is 5.91 Å². The fourth-order valence-corrected chi connectivity index (χ4v) is 3.78. The smallest absolute Gasteiger partial charge is 0.318 e. The molecule has 0 aromatic rings. The molecule has 0 saturated carbocycles. The second-order valence-corrected chi connectivity index (χ2v) is 7.34. The van der Waals surface area contributed by atoms with Crippen LogP contribution in [0.5, 0.6) is 0 Å². The van der Waals surface area contributed by atoms with Gasteiger partial charge in [-0.1, -0.05) is 0 Å². The number of carbonyl (C=O) groups excluding carboxylic acids is 2. The first-order chi connectivity index (χ1) is 11.6. The van der Waals surface area contributed by atoms with E-state index in [1.807, 2.05) is 0 Å². The third-order valence-electron chi connectivity index (χ3n) is 5.42. The number of hydrogen-bond acceptors (Lipinski definition) is 4. The van der Waals surface area contributed by atoms with Crippen molar-refractivity contribution in [2.45, 2.75) is 31.7 Å². The van der Waals surface area contributed by atoms with Crippen LogP contribution in [0.25, 0.3) is 0 Å². The highest BCUT2D eigenvalue weighted by Gasteiger charge is 2.27. The molecule has 3 amide bonds. The summed E-state index contributed by atoms with van der Waals surface area (Å²) in [6, 6.07) is 0.144. The number of carbonyl (C=O) groups is 2. The minimum atomic E-state index is -0.0821. The summed E-state index contributed by atoms with van der Waals surface area (Å²) < 4.78 is 5.45. The van der Waals surface area contributed by atoms with Crippen LogP contribution >= 0.6 is 0 Å². The number of amides is 3. The molecule has 24 heavy (non-hydrogen) atoms. The maximum absolute atomic E-state index is 12.4. The zero-order chi connectivity index (χ0) is 16.9. The molecule has 0 spiro atoms. The minimum Gasteiger partial charge on any atom is -0.381 e. The molecule has 1 atom stereocenters. The van der Waals surface area contributed by atoms with Crippen LogP contribution in [0.2, 0.25) is 0 Å². The van der Waals surface area contributed by atoms with Crippen LogP contribution in [-0.2, 0) is 9.53 Å². The van der Waals surface area contributed by atoms with Crippen LogP contribution in [0.4, 0.5) is 4.79 Å². The van der Waals surface area contributed by atoms with Gasteiger partial charge in [0.15, 0.2) is 0 Å². The minimum absolute atomic E-state index is 0.0243. The van der Waals surface area contributed by atoms with Crippen molar-refractivity contribution in [1.82, 2.24) is 20.0 Å². The van der Waals surface area contributed by atoms with Gasteiger partial charge < -0.3 is 24.8 Å². The van der Waals surface area contributed by atoms with Crippen molar-refractivity contribution < 1.29 is 14.3 Å². The summed E-state index contributed by atoms with van der Waals surface area (Å²) in [6.45, 7) is 6.56. The SMILES string of the molecule is CN1CCCN(C(=O)NC2CCN(C[C@@H]3CCOC3)CC2)CC1=O. The highest BCUT2D eigenvalue weighted by molar-refractivity contribution is 5.84. The molecule has 3 aliphatic rings. The van der Waals surface area contributed by atoms with E-state index in [2.05, 4.69) is 10.2 Å². The summed E-state index contributed by atoms with van der Waals surface area (Å²) in [5.41, 5.74) is 0. The summed E-state index contributed by atoms with van der Waals surface area (Å²) in [4.78, 5) is 30.2. The Hall–Kier alpha value is -1.34. The van der Waals surface area contributed by atoms with Crippen molar-refractivity contribution in [2.24, 2.45) is 5.92 Å². The van der Waals surface area contributed by atoms with Crippen LogP contribution in [0.1, 0.15) is 25.7 Å². The van der Waals surface area contributed by atoms with Crippen LogP contribution in [0.15, 0.2) is 0 Å². The number of urea groups is 1. The number of likely N-dealkylation sites (N-methyl/N-ethyl adjacent to an activating group) is 1. The molecule has 0 bridgehead atoms. The average molecular weight is 338 g/mol. The summed E-state index contributed by atoms with van der Waals surface area (Å²) in [7, 11) is 1.80. The van der Waals surface area contributed by atoms with Crippen LogP contribution in [-0.4, -0.2) is 92.2 Å². The predicted octanol–water partition coefficient (Wildman–Crippen LogP) is 0.361. The summed E-state index contributed by atoms with van der Waals surface area (Å²) in [5, 5.41) is 3.13. The molecule has 0 unspecified atom stereocenters. The lowest BCUT2D eigenvalue weighted by molar-refractivity contribution is -0.129. The van der Waals surface area contributed by atoms with Gasteiger partial charge >= 0.3 is 6.03 Å². The van der Waals surface area contributed by atoms with E-state index in [9.17, 15) is 9.59 Å². The Morgan fingerprint density at radius 2 is 2.00 bits per heavy atom. The maximum Gasteiger partial charge on any atom is 0.318 e. The van der Waals surface area contributed by atoms with E-state index in [0.29, 0.717) is 12.5 Å². The lowest BCUT2D eigenvalue weighted by atomic mass is 10.0. The first kappa shape index (κ1) is 17.5. The Bertz CT molecular complexity index is 445. The molecule has 0 aromatic heterocycles. The summed E-state index contributed by atoms with van der Waals surface area (Å²) >= 11 is 0. The zero-order valence-electron chi connectivity index (χ0n) is 14.7. The third kappa shape index (κ3) is 4.60. The molecule has 0 aromatic carbocycles. The highest BCUT2D eigenvalue weighted by atomic mass is 16.5. The van der Waals surface area contributed by atoms with Crippen molar-refractivity contribution >= 4 is 11.9 Å². The van der Waals surface area contributed by atoms with Crippen molar-refractivity contribution in [3.05, 3.63) is 0 Å². The molecular weight excluding hydrogens is 308 g/mol. The van der Waals surface area contributed by atoms with Gasteiger partial charge in [-0.15, -0.1) is 0 Å². The fraction of sp³-hybridized carbons (Fsp3) is 0.882. The van der Waals surface area contributed by atoms with Gasteiger partial charge in [0.1, 0.15) is 6.54 Å². The standard InChI is InChI=1S/C17H30N4O3/c1-19-6-2-7-21(12-16(19)22)17(23)18-15-3-8-20(9-4-15)11-14-5-10-24-13-14/h14-15H,2-13H2,1H3,(H,18,23)/t14-/m0/s1. The van der Waals surface area contributed by atoms with Gasteiger partial charge in [-0.3, -0.25) is 4.79 Å². The largest absolute Gasteiger partial charge is 0.381 e. The highest BCUT2D eigenvalue weighted by Crippen LogP contribution is 2.18. The van der Waals surface area contributed by atoms with E-state index in [4.69, 9.17) is 4.74 Å². The molecule has 3 fully saturated rings. The van der Waals surface area contributed by atoms with Crippen molar-refractivity contribution in [3.8, 4) is 0 Å². The molecule has 0 aliphatic carbocycles. The molecule has 136 valence electrons. The van der Waals surface area contributed by atoms with E-state index >= 15 is 0 Å². The topological polar surface area (TPSA) is 65.1 Å². The van der Waals surface area contributed by atoms with E-state index in [1.165, 1.54) is 6.42 Å². The molecule has 7 nitrogen and oxygen atoms in total. The van der Waals surface area contributed by atoms with Crippen LogP contribution in [0.3, 0.4) is 0 Å². The monoisotopic (exact) mass is 338 g/mol. The van der Waals surface area contributed by atoms with Crippen LogP contribution < -0.4 is 5.32 Å². The number of rotatable bonds is 3. The summed E-state index contributed by atoms with van der Waals surface area (Å²) in [6.07, 6.45) is 3.99. The molecule has 3 rings (SSSR count). The fourth-order valence-electron chi connectivity index (χ4n) is 3.78. The molecule has 1 N–H and O–H groups in total. The van der Waals surface area contributed by atoms with E-state index in [0.717, 1.165) is 58.7 Å². The molecular formula is C17H30N4O3. The first-order valence-electron chi connectivity index (χ1n) is 9.21. The lowest BCUT2D eigenvalue weighted by Crippen LogP contribution is -2.51. The lowest BCUT2D eigenvalue weighted by Gasteiger charge is -2.34. The first-order valence-corrected chi connectivity index (χ1v) is 9.21. The van der Waals surface area contributed by atoms with E-state index in [-0.39, 0.29) is 24.5 Å². The van der Waals surface area contributed by atoms with Gasteiger partial charge in [0.05, 0.1) is 6.61 Å². The average Bonchev–Trinajstić information content (AvgIpc) is 3.02. The maximum atomic E-state index is 12.4.